The number of hydrogen-bond donors (Lipinski definition) is 2. The lowest BCUT2D eigenvalue weighted by atomic mass is 9.92. The second kappa shape index (κ2) is 7.16. The smallest absolute Gasteiger partial charge is 0.323 e. The maximum atomic E-state index is 11.0. The highest BCUT2D eigenvalue weighted by molar-refractivity contribution is 9.10. The Morgan fingerprint density at radius 3 is 2.56 bits per heavy atom. The molecule has 5 heteroatoms. The van der Waals surface area contributed by atoms with E-state index >= 15 is 0 Å². The molecule has 0 aliphatic rings. The number of nitrogens with two attached hydrogens (primary N) is 1. The van der Waals surface area contributed by atoms with Crippen LogP contribution in [0.25, 0.3) is 0 Å². The van der Waals surface area contributed by atoms with E-state index in [1.165, 1.54) is 4.90 Å². The summed E-state index contributed by atoms with van der Waals surface area (Å²) in [5, 5.41) is 9.04. The molecular weight excluding hydrogens is 314 g/mol. The average Bonchev–Trinajstić information content (AvgIpc) is 2.36. The Morgan fingerprint density at radius 1 is 1.44 bits per heavy atom. The third kappa shape index (κ3) is 4.63. The number of thioether (sulfide) groups is 1. The van der Waals surface area contributed by atoms with Crippen LogP contribution in [0.2, 0.25) is 0 Å². The molecule has 0 amide bonds. The third-order valence-electron chi connectivity index (χ3n) is 2.91. The van der Waals surface area contributed by atoms with E-state index in [0.717, 1.165) is 16.6 Å². The number of benzene rings is 1. The standard InChI is InChI=1S/C13H18BrNO2S/c1-2-13(15,12(16)17)8-3-9-18-11-6-4-10(14)5-7-11/h4-7H,2-3,8-9,15H2,1H3,(H,16,17). The van der Waals surface area contributed by atoms with E-state index in [2.05, 4.69) is 15.9 Å². The number of hydrogen-bond acceptors (Lipinski definition) is 3. The van der Waals surface area contributed by atoms with E-state index in [0.29, 0.717) is 12.8 Å². The molecule has 1 atom stereocenters. The van der Waals surface area contributed by atoms with Crippen molar-refractivity contribution < 1.29 is 9.90 Å². The summed E-state index contributed by atoms with van der Waals surface area (Å²) in [6.07, 6.45) is 1.78. The Hall–Kier alpha value is -0.520. The first-order valence-electron chi connectivity index (χ1n) is 5.88. The van der Waals surface area contributed by atoms with E-state index in [4.69, 9.17) is 10.8 Å². The lowest BCUT2D eigenvalue weighted by Gasteiger charge is -2.22. The summed E-state index contributed by atoms with van der Waals surface area (Å²) >= 11 is 5.11. The number of aliphatic carboxylic acids is 1. The van der Waals surface area contributed by atoms with Gasteiger partial charge in [0.05, 0.1) is 0 Å². The second-order valence-electron chi connectivity index (χ2n) is 4.22. The molecule has 0 radical (unpaired) electrons. The molecule has 0 heterocycles. The second-order valence-corrected chi connectivity index (χ2v) is 6.30. The highest BCUT2D eigenvalue weighted by atomic mass is 79.9. The topological polar surface area (TPSA) is 63.3 Å². The van der Waals surface area contributed by atoms with Crippen LogP contribution in [0.15, 0.2) is 33.6 Å². The van der Waals surface area contributed by atoms with Gasteiger partial charge in [-0.25, -0.2) is 0 Å². The minimum atomic E-state index is -1.07. The van der Waals surface area contributed by atoms with Crippen molar-refractivity contribution in [1.82, 2.24) is 0 Å². The summed E-state index contributed by atoms with van der Waals surface area (Å²) in [7, 11) is 0. The summed E-state index contributed by atoms with van der Waals surface area (Å²) in [6.45, 7) is 1.82. The molecule has 3 nitrogen and oxygen atoms in total. The minimum absolute atomic E-state index is 0.464. The molecule has 0 saturated heterocycles. The van der Waals surface area contributed by atoms with Gasteiger partial charge in [-0.05, 0) is 49.3 Å². The fourth-order valence-electron chi connectivity index (χ4n) is 1.54. The fourth-order valence-corrected chi connectivity index (χ4v) is 2.66. The summed E-state index contributed by atoms with van der Waals surface area (Å²) < 4.78 is 1.06. The zero-order valence-electron chi connectivity index (χ0n) is 10.4. The first-order chi connectivity index (χ1) is 8.48. The van der Waals surface area contributed by atoms with Gasteiger partial charge < -0.3 is 10.8 Å². The fraction of sp³-hybridized carbons (Fsp3) is 0.462. The van der Waals surface area contributed by atoms with Crippen molar-refractivity contribution in [3.8, 4) is 0 Å². The van der Waals surface area contributed by atoms with Crippen LogP contribution < -0.4 is 5.73 Å². The van der Waals surface area contributed by atoms with Crippen molar-refractivity contribution in [2.75, 3.05) is 5.75 Å². The highest BCUT2D eigenvalue weighted by Gasteiger charge is 2.30. The average molecular weight is 332 g/mol. The molecule has 3 N–H and O–H groups in total. The van der Waals surface area contributed by atoms with Crippen molar-refractivity contribution in [2.24, 2.45) is 5.73 Å². The van der Waals surface area contributed by atoms with Crippen LogP contribution in [-0.4, -0.2) is 22.4 Å². The first-order valence-corrected chi connectivity index (χ1v) is 7.66. The molecule has 1 rings (SSSR count). The maximum Gasteiger partial charge on any atom is 0.323 e. The molecule has 0 saturated carbocycles. The van der Waals surface area contributed by atoms with Gasteiger partial charge in [0, 0.05) is 9.37 Å². The van der Waals surface area contributed by atoms with Crippen LogP contribution in [0.3, 0.4) is 0 Å². The predicted molar refractivity (Wildman–Crippen MR) is 78.9 cm³/mol. The third-order valence-corrected chi connectivity index (χ3v) is 4.53. The van der Waals surface area contributed by atoms with E-state index < -0.39 is 11.5 Å². The van der Waals surface area contributed by atoms with Crippen molar-refractivity contribution in [3.63, 3.8) is 0 Å². The van der Waals surface area contributed by atoms with Gasteiger partial charge in [-0.3, -0.25) is 4.79 Å². The van der Waals surface area contributed by atoms with Crippen LogP contribution >= 0.6 is 27.7 Å². The number of rotatable bonds is 7. The summed E-state index contributed by atoms with van der Waals surface area (Å²) in [5.41, 5.74) is 4.76. The maximum absolute atomic E-state index is 11.0. The van der Waals surface area contributed by atoms with E-state index in [1.54, 1.807) is 11.8 Å². The van der Waals surface area contributed by atoms with E-state index in [-0.39, 0.29) is 0 Å². The molecule has 0 fully saturated rings. The van der Waals surface area contributed by atoms with E-state index in [9.17, 15) is 4.79 Å². The van der Waals surface area contributed by atoms with Gasteiger partial charge in [0.2, 0.25) is 0 Å². The minimum Gasteiger partial charge on any atom is -0.480 e. The zero-order valence-corrected chi connectivity index (χ0v) is 12.8. The quantitative estimate of drug-likeness (QED) is 0.592. The Morgan fingerprint density at radius 2 is 2.06 bits per heavy atom. The lowest BCUT2D eigenvalue weighted by molar-refractivity contribution is -0.143. The number of carboxylic acids is 1. The zero-order chi connectivity index (χ0) is 13.6. The van der Waals surface area contributed by atoms with Crippen LogP contribution in [0.5, 0.6) is 0 Å². The Kier molecular flexibility index (Phi) is 6.18. The van der Waals surface area contributed by atoms with Gasteiger partial charge >= 0.3 is 5.97 Å². The number of carboxylic acid groups (broad SMARTS) is 1. The van der Waals surface area contributed by atoms with Gasteiger partial charge in [0.1, 0.15) is 5.54 Å². The SMILES string of the molecule is CCC(N)(CCCSc1ccc(Br)cc1)C(=O)O. The lowest BCUT2D eigenvalue weighted by Crippen LogP contribution is -2.47. The molecule has 0 bridgehead atoms. The largest absolute Gasteiger partial charge is 0.480 e. The Balaban J connectivity index is 2.34. The molecule has 100 valence electrons. The first kappa shape index (κ1) is 15.5. The van der Waals surface area contributed by atoms with Crippen LogP contribution in [0, 0.1) is 0 Å². The van der Waals surface area contributed by atoms with Gasteiger partial charge in [-0.15, -0.1) is 11.8 Å². The summed E-state index contributed by atoms with van der Waals surface area (Å²) in [6, 6.07) is 8.08. The van der Waals surface area contributed by atoms with Crippen molar-refractivity contribution in [2.45, 2.75) is 36.6 Å². The van der Waals surface area contributed by atoms with Gasteiger partial charge in [0.25, 0.3) is 0 Å². The summed E-state index contributed by atoms with van der Waals surface area (Å²) in [4.78, 5) is 12.2. The summed E-state index contributed by atoms with van der Waals surface area (Å²) in [5.74, 6) is -0.0212. The predicted octanol–water partition coefficient (Wildman–Crippen LogP) is 3.51. The molecule has 1 aromatic rings. The Labute approximate surface area is 120 Å². The van der Waals surface area contributed by atoms with Crippen molar-refractivity contribution in [3.05, 3.63) is 28.7 Å². The molecule has 0 aromatic heterocycles. The molecule has 18 heavy (non-hydrogen) atoms. The number of halogens is 1. The molecule has 0 spiro atoms. The highest BCUT2D eigenvalue weighted by Crippen LogP contribution is 2.23. The van der Waals surface area contributed by atoms with Gasteiger partial charge in [-0.1, -0.05) is 22.9 Å². The molecule has 0 aliphatic carbocycles. The van der Waals surface area contributed by atoms with Crippen molar-refractivity contribution >= 4 is 33.7 Å². The van der Waals surface area contributed by atoms with Crippen LogP contribution in [0.1, 0.15) is 26.2 Å². The van der Waals surface area contributed by atoms with Crippen LogP contribution in [0.4, 0.5) is 0 Å². The van der Waals surface area contributed by atoms with Crippen LogP contribution in [-0.2, 0) is 4.79 Å². The molecule has 1 unspecified atom stereocenters. The monoisotopic (exact) mass is 331 g/mol. The Bertz CT molecular complexity index is 396. The molecule has 1 aromatic carbocycles. The number of carbonyl (C=O) groups is 1. The van der Waals surface area contributed by atoms with Gasteiger partial charge in [-0.2, -0.15) is 0 Å². The molecular formula is C13H18BrNO2S. The molecule has 0 aliphatic heterocycles. The van der Waals surface area contributed by atoms with Crippen molar-refractivity contribution in [1.29, 1.82) is 0 Å². The van der Waals surface area contributed by atoms with Gasteiger partial charge in [0.15, 0.2) is 0 Å². The van der Waals surface area contributed by atoms with E-state index in [1.807, 2.05) is 31.2 Å². The normalized spacial score (nSPS) is 14.2.